The molecule has 0 spiro atoms. The zero-order chi connectivity index (χ0) is 14.1. The van der Waals surface area contributed by atoms with Crippen LogP contribution >= 0.6 is 56.5 Å². The Bertz CT molecular complexity index is 789. The fraction of sp³-hybridized carbons (Fsp3) is 0. The minimum absolute atomic E-state index is 0.151. The molecule has 0 aliphatic rings. The number of thiazole rings is 1. The fourth-order valence-corrected chi connectivity index (χ4v) is 3.87. The third kappa shape index (κ3) is 2.79. The first-order valence-corrected chi connectivity index (χ1v) is 8.59. The summed E-state index contributed by atoms with van der Waals surface area (Å²) in [5, 5.41) is 3.42. The predicted octanol–water partition coefficient (Wildman–Crippen LogP) is 4.15. The molecule has 4 nitrogen and oxygen atoms in total. The minimum atomic E-state index is -0.151. The van der Waals surface area contributed by atoms with Crippen LogP contribution < -0.4 is 5.32 Å². The third-order valence-electron chi connectivity index (χ3n) is 2.59. The van der Waals surface area contributed by atoms with Crippen molar-refractivity contribution < 1.29 is 4.79 Å². The van der Waals surface area contributed by atoms with Gasteiger partial charge in [-0.05, 0) is 57.3 Å². The van der Waals surface area contributed by atoms with Gasteiger partial charge in [-0.15, -0.1) is 0 Å². The van der Waals surface area contributed by atoms with Crippen LogP contribution in [-0.2, 0) is 0 Å². The molecule has 0 saturated carbocycles. The SMILES string of the molecule is O=C(Nc1nc2cnc(I)c(I)c2s1)c1ccccc1. The Kier molecular flexibility index (Phi) is 4.17. The lowest BCUT2D eigenvalue weighted by Gasteiger charge is -2.00. The molecule has 3 aromatic rings. The molecule has 0 saturated heterocycles. The number of hydrogen-bond acceptors (Lipinski definition) is 4. The zero-order valence-electron chi connectivity index (χ0n) is 9.93. The van der Waals surface area contributed by atoms with E-state index in [0.29, 0.717) is 10.7 Å². The number of nitrogens with one attached hydrogen (secondary N) is 1. The van der Waals surface area contributed by atoms with Crippen LogP contribution in [0.1, 0.15) is 10.4 Å². The van der Waals surface area contributed by atoms with Gasteiger partial charge in [0.25, 0.3) is 5.91 Å². The van der Waals surface area contributed by atoms with E-state index in [0.717, 1.165) is 17.5 Å². The summed E-state index contributed by atoms with van der Waals surface area (Å²) >= 11 is 5.90. The number of pyridine rings is 1. The van der Waals surface area contributed by atoms with Gasteiger partial charge in [0.1, 0.15) is 9.22 Å². The molecule has 1 amide bonds. The molecule has 0 atom stereocenters. The number of fused-ring (bicyclic) bond motifs is 1. The molecule has 0 bridgehead atoms. The van der Waals surface area contributed by atoms with Crippen LogP contribution in [0.5, 0.6) is 0 Å². The number of carbonyl (C=O) groups is 1. The average molecular weight is 507 g/mol. The molecule has 0 aliphatic carbocycles. The number of hydrogen-bond donors (Lipinski definition) is 1. The smallest absolute Gasteiger partial charge is 0.257 e. The van der Waals surface area contributed by atoms with Crippen LogP contribution in [0.15, 0.2) is 36.5 Å². The molecule has 100 valence electrons. The van der Waals surface area contributed by atoms with Crippen molar-refractivity contribution in [2.75, 3.05) is 5.32 Å². The topological polar surface area (TPSA) is 54.9 Å². The summed E-state index contributed by atoms with van der Waals surface area (Å²) in [6.45, 7) is 0. The van der Waals surface area contributed by atoms with Gasteiger partial charge in [0.2, 0.25) is 0 Å². The van der Waals surface area contributed by atoms with Crippen molar-refractivity contribution in [3.05, 3.63) is 49.4 Å². The van der Waals surface area contributed by atoms with Crippen LogP contribution in [-0.4, -0.2) is 15.9 Å². The Morgan fingerprint density at radius 2 is 1.95 bits per heavy atom. The van der Waals surface area contributed by atoms with Crippen molar-refractivity contribution in [3.63, 3.8) is 0 Å². The molecule has 0 unspecified atom stereocenters. The molecular weight excluding hydrogens is 500 g/mol. The van der Waals surface area contributed by atoms with Crippen molar-refractivity contribution in [3.8, 4) is 0 Å². The van der Waals surface area contributed by atoms with Crippen LogP contribution in [0, 0.1) is 7.27 Å². The molecule has 1 N–H and O–H groups in total. The third-order valence-corrected chi connectivity index (χ3v) is 6.86. The Morgan fingerprint density at radius 3 is 2.70 bits per heavy atom. The van der Waals surface area contributed by atoms with Crippen LogP contribution in [0.3, 0.4) is 0 Å². The number of nitrogens with zero attached hydrogens (tertiary/aromatic N) is 2. The number of carbonyl (C=O) groups excluding carboxylic acids is 1. The molecule has 2 heterocycles. The highest BCUT2D eigenvalue weighted by Crippen LogP contribution is 2.31. The predicted molar refractivity (Wildman–Crippen MR) is 97.2 cm³/mol. The van der Waals surface area contributed by atoms with Crippen LogP contribution in [0.2, 0.25) is 0 Å². The monoisotopic (exact) mass is 507 g/mol. The normalized spacial score (nSPS) is 10.7. The Labute approximate surface area is 146 Å². The van der Waals surface area contributed by atoms with E-state index in [1.165, 1.54) is 11.3 Å². The van der Waals surface area contributed by atoms with Gasteiger partial charge in [-0.1, -0.05) is 29.5 Å². The van der Waals surface area contributed by atoms with Crippen molar-refractivity contribution in [1.29, 1.82) is 0 Å². The number of benzene rings is 1. The summed E-state index contributed by atoms with van der Waals surface area (Å²) < 4.78 is 3.06. The highest BCUT2D eigenvalue weighted by Gasteiger charge is 2.13. The molecular formula is C13H7I2N3OS. The van der Waals surface area contributed by atoms with E-state index in [2.05, 4.69) is 60.5 Å². The Hall–Kier alpha value is -0.810. The van der Waals surface area contributed by atoms with Crippen molar-refractivity contribution in [2.45, 2.75) is 0 Å². The van der Waals surface area contributed by atoms with Crippen LogP contribution in [0.25, 0.3) is 10.2 Å². The molecule has 20 heavy (non-hydrogen) atoms. The first-order chi connectivity index (χ1) is 9.65. The molecule has 3 rings (SSSR count). The first kappa shape index (κ1) is 14.1. The highest BCUT2D eigenvalue weighted by molar-refractivity contribution is 14.1. The van der Waals surface area contributed by atoms with E-state index in [4.69, 9.17) is 0 Å². The maximum Gasteiger partial charge on any atom is 0.257 e. The van der Waals surface area contributed by atoms with Crippen LogP contribution in [0.4, 0.5) is 5.13 Å². The van der Waals surface area contributed by atoms with Crippen molar-refractivity contribution in [1.82, 2.24) is 9.97 Å². The van der Waals surface area contributed by atoms with E-state index >= 15 is 0 Å². The van der Waals surface area contributed by atoms with Gasteiger partial charge in [-0.2, -0.15) is 0 Å². The second-order valence-electron chi connectivity index (χ2n) is 3.92. The van der Waals surface area contributed by atoms with Crippen molar-refractivity contribution in [2.24, 2.45) is 0 Å². The van der Waals surface area contributed by atoms with E-state index in [1.54, 1.807) is 18.3 Å². The number of amides is 1. The average Bonchev–Trinajstić information content (AvgIpc) is 2.87. The lowest BCUT2D eigenvalue weighted by Crippen LogP contribution is -2.11. The zero-order valence-corrected chi connectivity index (χ0v) is 15.1. The largest absolute Gasteiger partial charge is 0.298 e. The fourth-order valence-electron chi connectivity index (χ4n) is 1.66. The second kappa shape index (κ2) is 5.90. The lowest BCUT2D eigenvalue weighted by atomic mass is 10.2. The highest BCUT2D eigenvalue weighted by atomic mass is 127. The Balaban J connectivity index is 1.92. The molecule has 0 aliphatic heterocycles. The van der Waals surface area contributed by atoms with Gasteiger partial charge in [-0.3, -0.25) is 10.1 Å². The van der Waals surface area contributed by atoms with E-state index in [9.17, 15) is 4.79 Å². The standard InChI is InChI=1S/C13H7I2N3OS/c14-9-10-8(6-16-11(9)15)17-13(20-10)18-12(19)7-4-2-1-3-5-7/h1-6H,(H,17,18,19). The maximum atomic E-state index is 12.1. The number of aromatic nitrogens is 2. The summed E-state index contributed by atoms with van der Waals surface area (Å²) in [6.07, 6.45) is 1.73. The van der Waals surface area contributed by atoms with E-state index in [1.807, 2.05) is 18.2 Å². The first-order valence-electron chi connectivity index (χ1n) is 5.62. The summed E-state index contributed by atoms with van der Waals surface area (Å²) in [7, 11) is 0. The molecule has 7 heteroatoms. The van der Waals surface area contributed by atoms with Gasteiger partial charge in [-0.25, -0.2) is 9.97 Å². The van der Waals surface area contributed by atoms with Gasteiger partial charge in [0, 0.05) is 5.56 Å². The summed E-state index contributed by atoms with van der Waals surface area (Å²) in [5.74, 6) is -0.151. The maximum absolute atomic E-state index is 12.1. The van der Waals surface area contributed by atoms with Crippen molar-refractivity contribution >= 4 is 77.8 Å². The Morgan fingerprint density at radius 1 is 1.20 bits per heavy atom. The summed E-state index contributed by atoms with van der Waals surface area (Å²) in [5.41, 5.74) is 1.43. The minimum Gasteiger partial charge on any atom is -0.298 e. The van der Waals surface area contributed by atoms with Gasteiger partial charge < -0.3 is 0 Å². The molecule has 1 aromatic carbocycles. The lowest BCUT2D eigenvalue weighted by molar-refractivity contribution is 0.102. The van der Waals surface area contributed by atoms with Gasteiger partial charge in [0.05, 0.1) is 14.5 Å². The summed E-state index contributed by atoms with van der Waals surface area (Å²) in [6, 6.07) is 9.10. The van der Waals surface area contributed by atoms with E-state index in [-0.39, 0.29) is 5.91 Å². The number of anilines is 1. The molecule has 0 fully saturated rings. The molecule has 0 radical (unpaired) electrons. The number of rotatable bonds is 2. The quantitative estimate of drug-likeness (QED) is 0.419. The molecule has 2 aromatic heterocycles. The number of halogens is 2. The van der Waals surface area contributed by atoms with Gasteiger partial charge >= 0.3 is 0 Å². The summed E-state index contributed by atoms with van der Waals surface area (Å²) in [4.78, 5) is 20.7. The second-order valence-corrected chi connectivity index (χ2v) is 7.02. The van der Waals surface area contributed by atoms with E-state index < -0.39 is 0 Å². The van der Waals surface area contributed by atoms with Gasteiger partial charge in [0.15, 0.2) is 5.13 Å².